The Bertz CT molecular complexity index is 1090. The van der Waals surface area contributed by atoms with E-state index in [-0.39, 0.29) is 6.42 Å². The van der Waals surface area contributed by atoms with E-state index in [1.54, 1.807) is 12.3 Å². The number of aliphatic hydroxyl groups is 2. The second-order valence-corrected chi connectivity index (χ2v) is 8.33. The maximum atomic E-state index is 13.1. The molecule has 0 unspecified atom stereocenters. The number of nitrogens with two attached hydrogens (primary N) is 1. The maximum absolute atomic E-state index is 13.1. The van der Waals surface area contributed by atoms with Crippen LogP contribution >= 0.6 is 0 Å². The van der Waals surface area contributed by atoms with Gasteiger partial charge < -0.3 is 47.0 Å². The minimum absolute atomic E-state index is 0.0223. The van der Waals surface area contributed by atoms with Gasteiger partial charge in [-0.1, -0.05) is 18.2 Å². The maximum Gasteiger partial charge on any atom is 0.245 e. The third-order valence-corrected chi connectivity index (χ3v) is 5.35. The summed E-state index contributed by atoms with van der Waals surface area (Å²) in [6.07, 6.45) is 2.13. The summed E-state index contributed by atoms with van der Waals surface area (Å²) >= 11 is 0. The van der Waals surface area contributed by atoms with Crippen LogP contribution in [0, 0.1) is 0 Å². The molecule has 0 spiro atoms. The normalized spacial score (nSPS) is 15.1. The second kappa shape index (κ2) is 13.3. The van der Waals surface area contributed by atoms with Crippen LogP contribution in [0.4, 0.5) is 0 Å². The number of para-hydroxylation sites is 1. The molecule has 4 amide bonds. The van der Waals surface area contributed by atoms with Crippen molar-refractivity contribution in [3.05, 3.63) is 36.0 Å². The fraction of sp³-hybridized carbons (Fsp3) is 0.435. The quantitative estimate of drug-likeness (QED) is 0.133. The number of aromatic nitrogens is 1. The lowest BCUT2D eigenvalue weighted by molar-refractivity contribution is -0.135. The van der Waals surface area contributed by atoms with E-state index in [9.17, 15) is 34.2 Å². The fourth-order valence-corrected chi connectivity index (χ4v) is 3.32. The molecule has 13 nitrogen and oxygen atoms in total. The number of hydrogen-bond donors (Lipinski definition) is 8. The van der Waals surface area contributed by atoms with Crippen LogP contribution in [0.25, 0.3) is 10.9 Å². The summed E-state index contributed by atoms with van der Waals surface area (Å²) in [6, 6.07) is 1.47. The van der Waals surface area contributed by atoms with Crippen molar-refractivity contribution in [2.24, 2.45) is 5.73 Å². The number of H-pyrrole nitrogens is 1. The van der Waals surface area contributed by atoms with E-state index in [1.165, 1.54) is 13.8 Å². The number of aliphatic hydroxyl groups excluding tert-OH is 2. The van der Waals surface area contributed by atoms with Gasteiger partial charge in [0.2, 0.25) is 23.6 Å². The fourth-order valence-electron chi connectivity index (χ4n) is 3.32. The molecule has 1 aromatic carbocycles. The number of fused-ring (bicyclic) bond motifs is 1. The average Bonchev–Trinajstić information content (AvgIpc) is 3.27. The summed E-state index contributed by atoms with van der Waals surface area (Å²) < 4.78 is 0. The van der Waals surface area contributed by atoms with Crippen LogP contribution in [0.1, 0.15) is 19.4 Å². The highest BCUT2D eigenvalue weighted by Gasteiger charge is 2.30. The van der Waals surface area contributed by atoms with Crippen LogP contribution in [-0.2, 0) is 30.4 Å². The zero-order valence-electron chi connectivity index (χ0n) is 20.0. The Kier molecular flexibility index (Phi) is 10.5. The number of carbonyl (C=O) groups is 5. The topological polar surface area (TPSA) is 216 Å². The van der Waals surface area contributed by atoms with E-state index in [0.717, 1.165) is 10.9 Å². The molecule has 0 radical (unpaired) electrons. The van der Waals surface area contributed by atoms with Gasteiger partial charge in [-0.3, -0.25) is 19.2 Å². The van der Waals surface area contributed by atoms with Gasteiger partial charge in [0.25, 0.3) is 0 Å². The van der Waals surface area contributed by atoms with E-state index in [4.69, 9.17) is 5.73 Å². The summed E-state index contributed by atoms with van der Waals surface area (Å²) in [5, 5.41) is 29.5. The van der Waals surface area contributed by atoms with Crippen molar-refractivity contribution in [3.63, 3.8) is 0 Å². The van der Waals surface area contributed by atoms with Crippen LogP contribution in [-0.4, -0.2) is 88.5 Å². The number of aldehydes is 1. The molecule has 13 heteroatoms. The van der Waals surface area contributed by atoms with Crippen LogP contribution in [0.2, 0.25) is 0 Å². The lowest BCUT2D eigenvalue weighted by Gasteiger charge is -2.24. The molecule has 2 rings (SSSR count). The molecule has 0 saturated heterocycles. The van der Waals surface area contributed by atoms with E-state index in [1.807, 2.05) is 18.2 Å². The molecule has 0 aliphatic heterocycles. The molecule has 2 aromatic rings. The first kappa shape index (κ1) is 28.4. The van der Waals surface area contributed by atoms with E-state index in [0.29, 0.717) is 11.8 Å². The molecule has 0 bridgehead atoms. The Morgan fingerprint density at radius 3 is 2.00 bits per heavy atom. The van der Waals surface area contributed by atoms with Crippen molar-refractivity contribution in [2.45, 2.75) is 50.5 Å². The lowest BCUT2D eigenvalue weighted by Crippen LogP contribution is -2.59. The SMILES string of the molecule is C[C@H](N)C(=O)N[C@@H](CO)C(=O)N[C@@H](Cc1c[nH]c2ccccc12)C(=O)N[C@@H](CO)C(=O)N[C@@H](C)C=O. The van der Waals surface area contributed by atoms with Crippen molar-refractivity contribution < 1.29 is 34.2 Å². The molecular formula is C23H32N6O7. The van der Waals surface area contributed by atoms with Crippen molar-refractivity contribution in [3.8, 4) is 0 Å². The van der Waals surface area contributed by atoms with Gasteiger partial charge in [-0.15, -0.1) is 0 Å². The van der Waals surface area contributed by atoms with Gasteiger partial charge in [0, 0.05) is 23.5 Å². The summed E-state index contributed by atoms with van der Waals surface area (Å²) in [5.41, 5.74) is 6.97. The highest BCUT2D eigenvalue weighted by Crippen LogP contribution is 2.19. The van der Waals surface area contributed by atoms with Gasteiger partial charge in [0.05, 0.1) is 25.3 Å². The summed E-state index contributed by atoms with van der Waals surface area (Å²) in [6.45, 7) is 1.31. The van der Waals surface area contributed by atoms with Gasteiger partial charge in [0.1, 0.15) is 24.4 Å². The minimum atomic E-state index is -1.39. The first-order valence-corrected chi connectivity index (χ1v) is 11.3. The lowest BCUT2D eigenvalue weighted by atomic mass is 10.0. The third-order valence-electron chi connectivity index (χ3n) is 5.35. The van der Waals surface area contributed by atoms with Gasteiger partial charge in [-0.05, 0) is 25.5 Å². The highest BCUT2D eigenvalue weighted by atomic mass is 16.3. The van der Waals surface area contributed by atoms with Crippen molar-refractivity contribution in [1.82, 2.24) is 26.3 Å². The van der Waals surface area contributed by atoms with Gasteiger partial charge in [-0.2, -0.15) is 0 Å². The van der Waals surface area contributed by atoms with Crippen LogP contribution in [0.3, 0.4) is 0 Å². The van der Waals surface area contributed by atoms with E-state index >= 15 is 0 Å². The molecule has 0 fully saturated rings. The van der Waals surface area contributed by atoms with Crippen molar-refractivity contribution in [1.29, 1.82) is 0 Å². The summed E-state index contributed by atoms with van der Waals surface area (Å²) in [4.78, 5) is 64.1. The Morgan fingerprint density at radius 2 is 1.42 bits per heavy atom. The Hall–Kier alpha value is -3.81. The predicted octanol–water partition coefficient (Wildman–Crippen LogP) is -2.80. The summed E-state index contributed by atoms with van der Waals surface area (Å²) in [5.74, 6) is -3.13. The zero-order chi connectivity index (χ0) is 26.8. The Morgan fingerprint density at radius 1 is 0.889 bits per heavy atom. The molecule has 0 aliphatic rings. The van der Waals surface area contributed by atoms with Crippen LogP contribution in [0.15, 0.2) is 30.5 Å². The second-order valence-electron chi connectivity index (χ2n) is 8.33. The van der Waals surface area contributed by atoms with Crippen molar-refractivity contribution >= 4 is 40.8 Å². The minimum Gasteiger partial charge on any atom is -0.394 e. The number of hydrogen-bond acceptors (Lipinski definition) is 8. The van der Waals surface area contributed by atoms with Crippen LogP contribution < -0.4 is 27.0 Å². The molecule has 9 N–H and O–H groups in total. The van der Waals surface area contributed by atoms with E-state index in [2.05, 4.69) is 26.3 Å². The number of aromatic amines is 1. The van der Waals surface area contributed by atoms with Gasteiger partial charge >= 0.3 is 0 Å². The largest absolute Gasteiger partial charge is 0.394 e. The Balaban J connectivity index is 2.27. The molecule has 0 saturated carbocycles. The number of carbonyl (C=O) groups excluding carboxylic acids is 5. The Labute approximate surface area is 207 Å². The molecule has 5 atom stereocenters. The number of benzene rings is 1. The smallest absolute Gasteiger partial charge is 0.245 e. The van der Waals surface area contributed by atoms with Gasteiger partial charge in [0.15, 0.2) is 0 Å². The first-order valence-electron chi connectivity index (χ1n) is 11.3. The van der Waals surface area contributed by atoms with Gasteiger partial charge in [-0.25, -0.2) is 0 Å². The van der Waals surface area contributed by atoms with E-state index < -0.39 is 67.1 Å². The number of rotatable bonds is 13. The summed E-state index contributed by atoms with van der Waals surface area (Å²) in [7, 11) is 0. The zero-order valence-corrected chi connectivity index (χ0v) is 20.0. The number of amides is 4. The van der Waals surface area contributed by atoms with Crippen LogP contribution in [0.5, 0.6) is 0 Å². The molecule has 0 aliphatic carbocycles. The molecule has 1 aromatic heterocycles. The molecular weight excluding hydrogens is 472 g/mol. The van der Waals surface area contributed by atoms with Crippen molar-refractivity contribution in [2.75, 3.05) is 13.2 Å². The predicted molar refractivity (Wildman–Crippen MR) is 129 cm³/mol. The molecule has 1 heterocycles. The highest BCUT2D eigenvalue weighted by molar-refractivity contribution is 5.95. The number of nitrogens with one attached hydrogen (secondary N) is 5. The first-order chi connectivity index (χ1) is 17.1. The standard InChI is InChI=1S/C23H32N6O7/c1-12(9-30)26-22(35)18(10-31)29-21(34)17(7-14-8-25-16-6-4-3-5-15(14)16)27-23(36)19(11-32)28-20(33)13(2)24/h3-6,8-9,12-13,17-19,25,31-32H,7,10-11,24H2,1-2H3,(H,26,35)(H,27,36)(H,28,33)(H,29,34)/t12-,13-,17-,18-,19-/m0/s1. The average molecular weight is 505 g/mol. The third kappa shape index (κ3) is 7.60. The molecule has 36 heavy (non-hydrogen) atoms. The molecule has 196 valence electrons. The monoisotopic (exact) mass is 504 g/mol.